The number of fused-ring (bicyclic) bond motifs is 2. The largest absolute Gasteiger partial charge is 0.490 e. The standard InChI is InChI=1S/C27H28N4O5/c1-2-3-13-30-25-24(29(18-28-25)16-21-10-7-14-35-21)26(33)31(27(30)34)15-20(32)17-36-23-12-6-9-19-8-4-5-11-22(19)23/h4-12,14,18,20,32H,2-3,13,15-17H2,1H3/t20-/m0/s1. The fourth-order valence-corrected chi connectivity index (χ4v) is 4.38. The number of imidazole rings is 1. The number of unbranched alkanes of at least 4 members (excludes halogenated alkanes) is 1. The van der Waals surface area contributed by atoms with E-state index >= 15 is 0 Å². The lowest BCUT2D eigenvalue weighted by Gasteiger charge is -2.16. The quantitative estimate of drug-likeness (QED) is 0.323. The molecule has 1 N–H and O–H groups in total. The Balaban J connectivity index is 1.46. The van der Waals surface area contributed by atoms with Crippen molar-refractivity contribution in [3.8, 4) is 5.75 Å². The van der Waals surface area contributed by atoms with Gasteiger partial charge in [-0.2, -0.15) is 0 Å². The highest BCUT2D eigenvalue weighted by molar-refractivity contribution is 5.88. The van der Waals surface area contributed by atoms with Crippen molar-refractivity contribution >= 4 is 21.9 Å². The van der Waals surface area contributed by atoms with Crippen molar-refractivity contribution in [1.82, 2.24) is 18.7 Å². The van der Waals surface area contributed by atoms with Crippen molar-refractivity contribution in [2.75, 3.05) is 6.61 Å². The van der Waals surface area contributed by atoms with Gasteiger partial charge in [0.2, 0.25) is 0 Å². The molecule has 0 spiro atoms. The number of hydrogen-bond donors (Lipinski definition) is 1. The number of aliphatic hydroxyl groups is 1. The Morgan fingerprint density at radius 2 is 1.89 bits per heavy atom. The number of hydrogen-bond acceptors (Lipinski definition) is 6. The lowest BCUT2D eigenvalue weighted by atomic mass is 10.1. The number of nitrogens with zero attached hydrogens (tertiary/aromatic N) is 4. The topological polar surface area (TPSA) is 104 Å². The van der Waals surface area contributed by atoms with Crippen LogP contribution in [0.1, 0.15) is 25.5 Å². The Morgan fingerprint density at radius 3 is 2.69 bits per heavy atom. The second kappa shape index (κ2) is 10.2. The van der Waals surface area contributed by atoms with Gasteiger partial charge >= 0.3 is 5.69 Å². The predicted molar refractivity (Wildman–Crippen MR) is 136 cm³/mol. The Bertz CT molecular complexity index is 1590. The van der Waals surface area contributed by atoms with Crippen LogP contribution in [0.4, 0.5) is 0 Å². The molecule has 0 unspecified atom stereocenters. The number of aryl methyl sites for hydroxylation is 1. The van der Waals surface area contributed by atoms with Gasteiger partial charge in [-0.05, 0) is 30.0 Å². The van der Waals surface area contributed by atoms with Gasteiger partial charge in [0, 0.05) is 11.9 Å². The first-order valence-electron chi connectivity index (χ1n) is 12.1. The Kier molecular flexibility index (Phi) is 6.73. The van der Waals surface area contributed by atoms with Crippen LogP contribution in [-0.4, -0.2) is 36.5 Å². The van der Waals surface area contributed by atoms with Crippen molar-refractivity contribution in [2.24, 2.45) is 0 Å². The SMILES string of the molecule is CCCCn1c(=O)n(C[C@H](O)COc2cccc3ccccc23)c(=O)c2c1ncn2Cc1ccco1. The van der Waals surface area contributed by atoms with Gasteiger partial charge in [-0.15, -0.1) is 0 Å². The number of aromatic nitrogens is 4. The van der Waals surface area contributed by atoms with E-state index in [2.05, 4.69) is 4.98 Å². The van der Waals surface area contributed by atoms with Gasteiger partial charge < -0.3 is 18.8 Å². The summed E-state index contributed by atoms with van der Waals surface area (Å²) in [5.74, 6) is 1.29. The zero-order valence-electron chi connectivity index (χ0n) is 20.0. The maximum Gasteiger partial charge on any atom is 0.332 e. The molecule has 1 atom stereocenters. The van der Waals surface area contributed by atoms with E-state index in [1.165, 1.54) is 4.57 Å². The highest BCUT2D eigenvalue weighted by Gasteiger charge is 2.20. The van der Waals surface area contributed by atoms with Crippen LogP contribution < -0.4 is 16.0 Å². The smallest absolute Gasteiger partial charge is 0.332 e. The molecule has 0 radical (unpaired) electrons. The highest BCUT2D eigenvalue weighted by atomic mass is 16.5. The molecule has 0 fully saturated rings. The first kappa shape index (κ1) is 23.6. The number of aliphatic hydroxyl groups excluding tert-OH is 1. The summed E-state index contributed by atoms with van der Waals surface area (Å²) in [6, 6.07) is 17.1. The zero-order chi connectivity index (χ0) is 25.1. The summed E-state index contributed by atoms with van der Waals surface area (Å²) in [6.45, 7) is 2.49. The van der Waals surface area contributed by atoms with Crippen LogP contribution in [0.25, 0.3) is 21.9 Å². The van der Waals surface area contributed by atoms with Gasteiger partial charge in [0.1, 0.15) is 24.2 Å². The molecule has 5 rings (SSSR count). The fourth-order valence-electron chi connectivity index (χ4n) is 4.38. The molecular formula is C27H28N4O5. The van der Waals surface area contributed by atoms with E-state index < -0.39 is 17.4 Å². The molecule has 3 aromatic heterocycles. The van der Waals surface area contributed by atoms with E-state index in [9.17, 15) is 14.7 Å². The van der Waals surface area contributed by atoms with Gasteiger partial charge in [0.05, 0.1) is 25.7 Å². The zero-order valence-corrected chi connectivity index (χ0v) is 20.0. The Hall–Kier alpha value is -4.11. The number of ether oxygens (including phenoxy) is 1. The van der Waals surface area contributed by atoms with E-state index in [-0.39, 0.29) is 13.2 Å². The summed E-state index contributed by atoms with van der Waals surface area (Å²) in [6.07, 6.45) is 3.66. The Morgan fingerprint density at radius 1 is 1.06 bits per heavy atom. The van der Waals surface area contributed by atoms with Gasteiger partial charge in [0.25, 0.3) is 5.56 Å². The van der Waals surface area contributed by atoms with E-state index in [4.69, 9.17) is 9.15 Å². The van der Waals surface area contributed by atoms with Crippen LogP contribution in [-0.2, 0) is 19.6 Å². The number of furan rings is 1. The molecule has 0 aliphatic carbocycles. The van der Waals surface area contributed by atoms with Crippen LogP contribution in [0.5, 0.6) is 5.75 Å². The molecule has 186 valence electrons. The maximum absolute atomic E-state index is 13.5. The van der Waals surface area contributed by atoms with E-state index in [1.54, 1.807) is 23.2 Å². The van der Waals surface area contributed by atoms with Crippen LogP contribution >= 0.6 is 0 Å². The third kappa shape index (κ3) is 4.57. The summed E-state index contributed by atoms with van der Waals surface area (Å²) in [5.41, 5.74) is -0.364. The molecule has 9 nitrogen and oxygen atoms in total. The van der Waals surface area contributed by atoms with E-state index in [1.807, 2.05) is 55.5 Å². The lowest BCUT2D eigenvalue weighted by Crippen LogP contribution is -2.44. The third-order valence-corrected chi connectivity index (χ3v) is 6.20. The number of benzene rings is 2. The average molecular weight is 489 g/mol. The van der Waals surface area contributed by atoms with Gasteiger partial charge in [0.15, 0.2) is 11.2 Å². The third-order valence-electron chi connectivity index (χ3n) is 6.20. The first-order chi connectivity index (χ1) is 17.6. The monoisotopic (exact) mass is 488 g/mol. The van der Waals surface area contributed by atoms with Crippen molar-refractivity contribution in [3.63, 3.8) is 0 Å². The minimum absolute atomic E-state index is 0.0709. The second-order valence-corrected chi connectivity index (χ2v) is 8.77. The minimum atomic E-state index is -1.08. The summed E-state index contributed by atoms with van der Waals surface area (Å²) < 4.78 is 15.6. The molecule has 0 bridgehead atoms. The maximum atomic E-state index is 13.5. The van der Waals surface area contributed by atoms with E-state index in [0.29, 0.717) is 35.8 Å². The van der Waals surface area contributed by atoms with Gasteiger partial charge in [-0.25, -0.2) is 9.78 Å². The van der Waals surface area contributed by atoms with Crippen LogP contribution in [0, 0.1) is 0 Å². The normalized spacial score (nSPS) is 12.4. The Labute approximate surface area is 206 Å². The highest BCUT2D eigenvalue weighted by Crippen LogP contribution is 2.25. The minimum Gasteiger partial charge on any atom is -0.490 e. The molecule has 0 amide bonds. The molecule has 0 saturated heterocycles. The second-order valence-electron chi connectivity index (χ2n) is 8.77. The molecule has 0 aliphatic rings. The van der Waals surface area contributed by atoms with Crippen LogP contribution in [0.2, 0.25) is 0 Å². The molecule has 36 heavy (non-hydrogen) atoms. The van der Waals surface area contributed by atoms with Crippen LogP contribution in [0.15, 0.2) is 81.2 Å². The summed E-state index contributed by atoms with van der Waals surface area (Å²) in [5, 5.41) is 12.7. The van der Waals surface area contributed by atoms with Crippen molar-refractivity contribution in [3.05, 3.63) is 93.8 Å². The fraction of sp³-hybridized carbons (Fsp3) is 0.296. The number of rotatable bonds is 10. The molecule has 0 saturated carbocycles. The molecule has 5 aromatic rings. The average Bonchev–Trinajstić information content (AvgIpc) is 3.56. The van der Waals surface area contributed by atoms with Gasteiger partial charge in [-0.1, -0.05) is 49.7 Å². The van der Waals surface area contributed by atoms with Crippen LogP contribution in [0.3, 0.4) is 0 Å². The van der Waals surface area contributed by atoms with Crippen molar-refractivity contribution < 1.29 is 14.3 Å². The van der Waals surface area contributed by atoms with Crippen molar-refractivity contribution in [1.29, 1.82) is 0 Å². The summed E-state index contributed by atoms with van der Waals surface area (Å²) in [7, 11) is 0. The summed E-state index contributed by atoms with van der Waals surface area (Å²) in [4.78, 5) is 31.2. The lowest BCUT2D eigenvalue weighted by molar-refractivity contribution is 0.0909. The predicted octanol–water partition coefficient (Wildman–Crippen LogP) is 3.39. The molecule has 9 heteroatoms. The van der Waals surface area contributed by atoms with Crippen molar-refractivity contribution in [2.45, 2.75) is 45.5 Å². The molecule has 3 heterocycles. The molecule has 2 aromatic carbocycles. The van der Waals surface area contributed by atoms with Gasteiger partial charge in [-0.3, -0.25) is 13.9 Å². The molecule has 0 aliphatic heterocycles. The molecular weight excluding hydrogens is 460 g/mol. The van der Waals surface area contributed by atoms with E-state index in [0.717, 1.165) is 28.2 Å². The summed E-state index contributed by atoms with van der Waals surface area (Å²) >= 11 is 0. The first-order valence-corrected chi connectivity index (χ1v) is 12.1.